The van der Waals surface area contributed by atoms with Gasteiger partial charge in [0, 0.05) is 6.07 Å². The predicted molar refractivity (Wildman–Crippen MR) is 66.0 cm³/mol. The number of hydrogen-bond donors (Lipinski definition) is 2. The Bertz CT molecular complexity index is 776. The number of H-pyrrole nitrogens is 1. The smallest absolute Gasteiger partial charge is 0.258 e. The zero-order valence-electron chi connectivity index (χ0n) is 10.6. The predicted octanol–water partition coefficient (Wildman–Crippen LogP) is 0.0339. The van der Waals surface area contributed by atoms with E-state index in [2.05, 4.69) is 25.3 Å². The molecule has 1 heterocycles. The molecule has 2 aromatic rings. The van der Waals surface area contributed by atoms with Gasteiger partial charge in [-0.1, -0.05) is 5.21 Å². The van der Waals surface area contributed by atoms with Crippen molar-refractivity contribution in [2.45, 2.75) is 18.4 Å². The summed E-state index contributed by atoms with van der Waals surface area (Å²) in [6, 6.07) is 1.65. The Morgan fingerprint density at radius 3 is 2.76 bits per heavy atom. The number of aromatic amines is 1. The minimum Gasteiger partial charge on any atom is -0.258 e. The number of nitrogens with one attached hydrogen (secondary N) is 2. The molecule has 10 nitrogen and oxygen atoms in total. The largest absolute Gasteiger partial charge is 0.306 e. The number of hydrogen-bond acceptors (Lipinski definition) is 7. The zero-order valence-corrected chi connectivity index (χ0v) is 11.4. The van der Waals surface area contributed by atoms with Crippen LogP contribution < -0.4 is 4.72 Å². The lowest BCUT2D eigenvalue weighted by atomic mass is 10.2. The van der Waals surface area contributed by atoms with Crippen molar-refractivity contribution in [2.75, 3.05) is 0 Å². The highest BCUT2D eigenvalue weighted by Crippen LogP contribution is 2.25. The van der Waals surface area contributed by atoms with E-state index in [1.54, 1.807) is 0 Å². The molecule has 0 unspecified atom stereocenters. The second-order valence-corrected chi connectivity index (χ2v) is 5.75. The van der Waals surface area contributed by atoms with Crippen molar-refractivity contribution in [1.82, 2.24) is 25.3 Å². The molecule has 0 atom stereocenters. The van der Waals surface area contributed by atoms with E-state index in [9.17, 15) is 22.9 Å². The van der Waals surface area contributed by atoms with Crippen LogP contribution in [0.5, 0.6) is 0 Å². The molecule has 0 spiro atoms. The van der Waals surface area contributed by atoms with Crippen LogP contribution in [0.2, 0.25) is 0 Å². The summed E-state index contributed by atoms with van der Waals surface area (Å²) >= 11 is 0. The fourth-order valence-electron chi connectivity index (χ4n) is 1.51. The van der Waals surface area contributed by atoms with Crippen LogP contribution in [0.4, 0.5) is 10.1 Å². The molecule has 0 saturated carbocycles. The van der Waals surface area contributed by atoms with E-state index < -0.39 is 31.3 Å². The van der Waals surface area contributed by atoms with Crippen molar-refractivity contribution in [2.24, 2.45) is 0 Å². The van der Waals surface area contributed by atoms with E-state index >= 15 is 0 Å². The summed E-state index contributed by atoms with van der Waals surface area (Å²) < 4.78 is 39.7. The monoisotopic (exact) mass is 316 g/mol. The highest BCUT2D eigenvalue weighted by molar-refractivity contribution is 7.89. The molecule has 0 aliphatic heterocycles. The van der Waals surface area contributed by atoms with Crippen LogP contribution in [0, 0.1) is 22.9 Å². The molecule has 1 aromatic carbocycles. The molecule has 112 valence electrons. The Balaban J connectivity index is 2.33. The maximum Gasteiger partial charge on any atom is 0.306 e. The van der Waals surface area contributed by atoms with Crippen LogP contribution in [0.25, 0.3) is 0 Å². The number of aromatic nitrogens is 4. The van der Waals surface area contributed by atoms with Gasteiger partial charge in [0.15, 0.2) is 5.82 Å². The highest BCUT2D eigenvalue weighted by atomic mass is 32.2. The van der Waals surface area contributed by atoms with Gasteiger partial charge < -0.3 is 0 Å². The van der Waals surface area contributed by atoms with Gasteiger partial charge in [-0.3, -0.25) is 10.1 Å². The van der Waals surface area contributed by atoms with Crippen LogP contribution in [0.3, 0.4) is 0 Å². The van der Waals surface area contributed by atoms with Crippen molar-refractivity contribution in [3.8, 4) is 0 Å². The number of rotatable bonds is 5. The van der Waals surface area contributed by atoms with Gasteiger partial charge >= 0.3 is 5.69 Å². The normalized spacial score (nSPS) is 11.5. The van der Waals surface area contributed by atoms with E-state index in [0.717, 1.165) is 6.07 Å². The highest BCUT2D eigenvalue weighted by Gasteiger charge is 2.24. The molecule has 0 bridgehead atoms. The van der Waals surface area contributed by atoms with Crippen LogP contribution in [-0.2, 0) is 16.6 Å². The number of halogens is 1. The first-order valence-corrected chi connectivity index (χ1v) is 6.96. The van der Waals surface area contributed by atoms with E-state index in [1.807, 2.05) is 0 Å². The second-order valence-electron chi connectivity index (χ2n) is 3.98. The molecule has 21 heavy (non-hydrogen) atoms. The van der Waals surface area contributed by atoms with E-state index in [1.165, 1.54) is 6.92 Å². The quantitative estimate of drug-likeness (QED) is 0.585. The lowest BCUT2D eigenvalue weighted by Gasteiger charge is -2.06. The van der Waals surface area contributed by atoms with Gasteiger partial charge in [-0.2, -0.15) is 9.60 Å². The fourth-order valence-corrected chi connectivity index (χ4v) is 2.59. The van der Waals surface area contributed by atoms with Crippen LogP contribution >= 0.6 is 0 Å². The fraction of sp³-hybridized carbons (Fsp3) is 0.222. The maximum absolute atomic E-state index is 13.5. The Kier molecular flexibility index (Phi) is 3.90. The summed E-state index contributed by atoms with van der Waals surface area (Å²) in [5.41, 5.74) is -1.06. The number of nitrogens with zero attached hydrogens (tertiary/aromatic N) is 4. The first kappa shape index (κ1) is 14.9. The Morgan fingerprint density at radius 1 is 1.48 bits per heavy atom. The third-order valence-corrected chi connectivity index (χ3v) is 3.91. The summed E-state index contributed by atoms with van der Waals surface area (Å²) in [4.78, 5) is 9.31. The average molecular weight is 316 g/mol. The molecule has 0 aliphatic rings. The first-order valence-electron chi connectivity index (χ1n) is 5.48. The third-order valence-electron chi connectivity index (χ3n) is 2.53. The van der Waals surface area contributed by atoms with E-state index in [0.29, 0.717) is 6.07 Å². The summed E-state index contributed by atoms with van der Waals surface area (Å²) in [5, 5.41) is 23.2. The number of tetrazole rings is 1. The molecular formula is C9H9FN6O4S. The molecule has 1 aromatic heterocycles. The molecule has 0 fully saturated rings. The molecular weight excluding hydrogens is 307 g/mol. The topological polar surface area (TPSA) is 144 Å². The molecule has 0 radical (unpaired) electrons. The Hall–Kier alpha value is -2.47. The summed E-state index contributed by atoms with van der Waals surface area (Å²) in [6.07, 6.45) is 0. The molecule has 2 rings (SSSR count). The van der Waals surface area contributed by atoms with Crippen molar-refractivity contribution < 1.29 is 17.7 Å². The van der Waals surface area contributed by atoms with Gasteiger partial charge in [0.2, 0.25) is 15.8 Å². The third kappa shape index (κ3) is 3.17. The number of nitro benzene ring substituents is 1. The second kappa shape index (κ2) is 5.49. The number of benzene rings is 1. The summed E-state index contributed by atoms with van der Waals surface area (Å²) in [5.74, 6) is -0.982. The lowest BCUT2D eigenvalue weighted by molar-refractivity contribution is -0.387. The van der Waals surface area contributed by atoms with Crippen molar-refractivity contribution in [1.29, 1.82) is 0 Å². The number of sulfonamides is 1. The van der Waals surface area contributed by atoms with Crippen LogP contribution in [0.1, 0.15) is 11.4 Å². The molecule has 0 amide bonds. The zero-order chi connectivity index (χ0) is 15.6. The van der Waals surface area contributed by atoms with Gasteiger partial charge in [0.25, 0.3) is 0 Å². The molecule has 12 heteroatoms. The van der Waals surface area contributed by atoms with Crippen LogP contribution in [0.15, 0.2) is 17.0 Å². The van der Waals surface area contributed by atoms with Crippen molar-refractivity contribution in [3.63, 3.8) is 0 Å². The van der Waals surface area contributed by atoms with Gasteiger partial charge in [0.1, 0.15) is 0 Å². The summed E-state index contributed by atoms with van der Waals surface area (Å²) in [6.45, 7) is 0.976. The average Bonchev–Trinajstić information content (AvgIpc) is 2.92. The van der Waals surface area contributed by atoms with E-state index in [4.69, 9.17) is 0 Å². The standard InChI is InChI=1S/C9H9FN6O4S/c1-5-2-6(3-7(9(5)10)16(17)18)21(19,20)11-4-8-12-14-15-13-8/h2-3,11H,4H2,1H3,(H,12,13,14,15). The van der Waals surface area contributed by atoms with Crippen molar-refractivity contribution in [3.05, 3.63) is 39.5 Å². The minimum atomic E-state index is -4.07. The van der Waals surface area contributed by atoms with Gasteiger partial charge in [-0.05, 0) is 18.6 Å². The Labute approximate surface area is 117 Å². The number of nitro groups is 1. The van der Waals surface area contributed by atoms with Gasteiger partial charge in [0.05, 0.1) is 16.4 Å². The Morgan fingerprint density at radius 2 is 2.19 bits per heavy atom. The lowest BCUT2D eigenvalue weighted by Crippen LogP contribution is -2.24. The number of aryl methyl sites for hydroxylation is 1. The first-order chi connectivity index (χ1) is 9.81. The van der Waals surface area contributed by atoms with Gasteiger partial charge in [-0.15, -0.1) is 10.2 Å². The van der Waals surface area contributed by atoms with Crippen LogP contribution in [-0.4, -0.2) is 34.0 Å². The SMILES string of the molecule is Cc1cc(S(=O)(=O)NCc2nn[nH]n2)cc([N+](=O)[O-])c1F. The maximum atomic E-state index is 13.5. The van der Waals surface area contributed by atoms with E-state index in [-0.39, 0.29) is 17.9 Å². The summed E-state index contributed by atoms with van der Waals surface area (Å²) in [7, 11) is -4.07. The molecule has 2 N–H and O–H groups in total. The van der Waals surface area contributed by atoms with Gasteiger partial charge in [-0.25, -0.2) is 13.1 Å². The minimum absolute atomic E-state index is 0.0897. The molecule has 0 saturated heterocycles. The van der Waals surface area contributed by atoms with Crippen molar-refractivity contribution >= 4 is 15.7 Å². The molecule has 0 aliphatic carbocycles.